The van der Waals surface area contributed by atoms with Crippen molar-refractivity contribution in [2.24, 2.45) is 0 Å². The molecule has 5 nitrogen and oxygen atoms in total. The molecule has 0 unspecified atom stereocenters. The van der Waals surface area contributed by atoms with Gasteiger partial charge in [0.1, 0.15) is 19.0 Å². The Labute approximate surface area is 170 Å². The first kappa shape index (κ1) is 20.6. The molecule has 0 atom stereocenters. The first-order valence-electron chi connectivity index (χ1n) is 9.54. The Hall–Kier alpha value is -2.08. The fourth-order valence-electron chi connectivity index (χ4n) is 3.37. The molecule has 6 heteroatoms. The quantitative estimate of drug-likeness (QED) is 0.650. The SMILES string of the molecule is O=C(COCCOc1ccccc1)NCC1(c2cccc(Cl)c2)CCOCC1. The van der Waals surface area contributed by atoms with Gasteiger partial charge in [0.2, 0.25) is 5.91 Å². The monoisotopic (exact) mass is 403 g/mol. The lowest BCUT2D eigenvalue weighted by Gasteiger charge is -2.38. The van der Waals surface area contributed by atoms with E-state index in [0.29, 0.717) is 38.0 Å². The number of rotatable bonds is 9. The molecule has 1 fully saturated rings. The van der Waals surface area contributed by atoms with E-state index in [1.54, 1.807) is 0 Å². The number of amides is 1. The third-order valence-corrected chi connectivity index (χ3v) is 5.22. The van der Waals surface area contributed by atoms with E-state index in [0.717, 1.165) is 24.2 Å². The predicted molar refractivity (Wildman–Crippen MR) is 109 cm³/mol. The van der Waals surface area contributed by atoms with Gasteiger partial charge in [-0.15, -0.1) is 0 Å². The molecule has 3 rings (SSSR count). The van der Waals surface area contributed by atoms with Crippen molar-refractivity contribution in [3.8, 4) is 5.75 Å². The van der Waals surface area contributed by atoms with Gasteiger partial charge in [-0.05, 0) is 42.7 Å². The fraction of sp³-hybridized carbons (Fsp3) is 0.409. The number of nitrogens with one attached hydrogen (secondary N) is 1. The van der Waals surface area contributed by atoms with Crippen LogP contribution in [-0.4, -0.2) is 45.5 Å². The molecule has 0 aliphatic carbocycles. The minimum atomic E-state index is -0.158. The Morgan fingerprint density at radius 2 is 1.86 bits per heavy atom. The van der Waals surface area contributed by atoms with Crippen molar-refractivity contribution < 1.29 is 19.0 Å². The second-order valence-electron chi connectivity index (χ2n) is 6.89. The molecule has 1 aliphatic rings. The van der Waals surface area contributed by atoms with E-state index in [1.807, 2.05) is 48.5 Å². The molecule has 0 radical (unpaired) electrons. The predicted octanol–water partition coefficient (Wildman–Crippen LogP) is 3.60. The van der Waals surface area contributed by atoms with Crippen molar-refractivity contribution in [3.05, 3.63) is 65.2 Å². The van der Waals surface area contributed by atoms with E-state index >= 15 is 0 Å². The maximum absolute atomic E-state index is 12.2. The number of hydrogen-bond acceptors (Lipinski definition) is 4. The van der Waals surface area contributed by atoms with Crippen LogP contribution in [0.5, 0.6) is 5.75 Å². The van der Waals surface area contributed by atoms with Crippen molar-refractivity contribution in [3.63, 3.8) is 0 Å². The summed E-state index contributed by atoms with van der Waals surface area (Å²) in [6.07, 6.45) is 1.69. The van der Waals surface area contributed by atoms with Crippen LogP contribution in [0.1, 0.15) is 18.4 Å². The summed E-state index contributed by atoms with van der Waals surface area (Å²) in [6, 6.07) is 17.4. The van der Waals surface area contributed by atoms with Gasteiger partial charge in [0.25, 0.3) is 0 Å². The summed E-state index contributed by atoms with van der Waals surface area (Å²) in [5.74, 6) is 0.658. The third-order valence-electron chi connectivity index (χ3n) is 4.98. The Kier molecular flexibility index (Phi) is 7.71. The molecule has 1 saturated heterocycles. The second kappa shape index (κ2) is 10.5. The molecule has 1 aliphatic heterocycles. The van der Waals surface area contributed by atoms with Gasteiger partial charge in [0.05, 0.1) is 6.61 Å². The maximum atomic E-state index is 12.2. The number of para-hydroxylation sites is 1. The number of halogens is 1. The average molecular weight is 404 g/mol. The van der Waals surface area contributed by atoms with Gasteiger partial charge in [0, 0.05) is 30.2 Å². The van der Waals surface area contributed by atoms with E-state index in [-0.39, 0.29) is 17.9 Å². The fourth-order valence-corrected chi connectivity index (χ4v) is 3.56. The molecule has 28 heavy (non-hydrogen) atoms. The minimum absolute atomic E-state index is 0.0142. The van der Waals surface area contributed by atoms with Crippen LogP contribution in [0.15, 0.2) is 54.6 Å². The summed E-state index contributed by atoms with van der Waals surface area (Å²) in [6.45, 7) is 2.67. The molecule has 0 saturated carbocycles. The van der Waals surface area contributed by atoms with Crippen LogP contribution in [0.3, 0.4) is 0 Å². The van der Waals surface area contributed by atoms with Gasteiger partial charge < -0.3 is 19.5 Å². The van der Waals surface area contributed by atoms with Crippen molar-refractivity contribution >= 4 is 17.5 Å². The van der Waals surface area contributed by atoms with Crippen LogP contribution in [0.25, 0.3) is 0 Å². The lowest BCUT2D eigenvalue weighted by Crippen LogP contribution is -2.45. The van der Waals surface area contributed by atoms with Gasteiger partial charge in [-0.1, -0.05) is 41.9 Å². The number of carbonyl (C=O) groups is 1. The van der Waals surface area contributed by atoms with Crippen molar-refractivity contribution in [2.75, 3.05) is 39.6 Å². The zero-order valence-electron chi connectivity index (χ0n) is 15.9. The molecule has 0 bridgehead atoms. The summed E-state index contributed by atoms with van der Waals surface area (Å²) < 4.78 is 16.5. The van der Waals surface area contributed by atoms with Gasteiger partial charge >= 0.3 is 0 Å². The molecular formula is C22H26ClNO4. The number of benzene rings is 2. The lowest BCUT2D eigenvalue weighted by molar-refractivity contribution is -0.126. The minimum Gasteiger partial charge on any atom is -0.491 e. The molecular weight excluding hydrogens is 378 g/mol. The van der Waals surface area contributed by atoms with Gasteiger partial charge in [-0.2, -0.15) is 0 Å². The van der Waals surface area contributed by atoms with Crippen LogP contribution in [0.4, 0.5) is 0 Å². The molecule has 2 aromatic carbocycles. The van der Waals surface area contributed by atoms with Crippen LogP contribution in [0, 0.1) is 0 Å². The van der Waals surface area contributed by atoms with Crippen LogP contribution in [-0.2, 0) is 19.7 Å². The normalized spacial score (nSPS) is 15.8. The highest BCUT2D eigenvalue weighted by Gasteiger charge is 2.35. The molecule has 1 heterocycles. The highest BCUT2D eigenvalue weighted by molar-refractivity contribution is 6.30. The summed E-state index contributed by atoms with van der Waals surface area (Å²) >= 11 is 6.18. The van der Waals surface area contributed by atoms with Crippen LogP contribution >= 0.6 is 11.6 Å². The summed E-state index contributed by atoms with van der Waals surface area (Å²) in [4.78, 5) is 12.2. The Bertz CT molecular complexity index is 747. The molecule has 1 amide bonds. The average Bonchev–Trinajstić information content (AvgIpc) is 2.73. The maximum Gasteiger partial charge on any atom is 0.246 e. The molecule has 150 valence electrons. The largest absolute Gasteiger partial charge is 0.491 e. The Balaban J connectivity index is 1.43. The highest BCUT2D eigenvalue weighted by atomic mass is 35.5. The summed E-state index contributed by atoms with van der Waals surface area (Å²) in [5, 5.41) is 3.72. The van der Waals surface area contributed by atoms with Gasteiger partial charge in [-0.3, -0.25) is 4.79 Å². The molecule has 0 spiro atoms. The lowest BCUT2D eigenvalue weighted by atomic mass is 9.74. The summed E-state index contributed by atoms with van der Waals surface area (Å²) in [5.41, 5.74) is 0.982. The van der Waals surface area contributed by atoms with Crippen molar-refractivity contribution in [1.29, 1.82) is 0 Å². The molecule has 2 aromatic rings. The zero-order chi connectivity index (χ0) is 19.7. The highest BCUT2D eigenvalue weighted by Crippen LogP contribution is 2.35. The van der Waals surface area contributed by atoms with Crippen molar-refractivity contribution in [2.45, 2.75) is 18.3 Å². The van der Waals surface area contributed by atoms with E-state index in [2.05, 4.69) is 11.4 Å². The third kappa shape index (κ3) is 5.96. The second-order valence-corrected chi connectivity index (χ2v) is 7.33. The standard InChI is InChI=1S/C22H26ClNO4/c23-19-6-4-5-18(15-19)22(9-11-26-12-10-22)17-24-21(25)16-27-13-14-28-20-7-2-1-3-8-20/h1-8,15H,9-14,16-17H2,(H,24,25). The van der Waals surface area contributed by atoms with E-state index in [9.17, 15) is 4.79 Å². The molecule has 0 aromatic heterocycles. The Morgan fingerprint density at radius 3 is 2.61 bits per heavy atom. The van der Waals surface area contributed by atoms with Gasteiger partial charge in [0.15, 0.2) is 0 Å². The first-order valence-corrected chi connectivity index (χ1v) is 9.92. The van der Waals surface area contributed by atoms with E-state index < -0.39 is 0 Å². The van der Waals surface area contributed by atoms with Crippen LogP contribution in [0.2, 0.25) is 5.02 Å². The van der Waals surface area contributed by atoms with Crippen LogP contribution < -0.4 is 10.1 Å². The molecule has 1 N–H and O–H groups in total. The Morgan fingerprint density at radius 1 is 1.07 bits per heavy atom. The topological polar surface area (TPSA) is 56.8 Å². The number of ether oxygens (including phenoxy) is 3. The van der Waals surface area contributed by atoms with Gasteiger partial charge in [-0.25, -0.2) is 0 Å². The van der Waals surface area contributed by atoms with E-state index in [4.69, 9.17) is 25.8 Å². The number of hydrogen-bond donors (Lipinski definition) is 1. The summed E-state index contributed by atoms with van der Waals surface area (Å²) in [7, 11) is 0. The zero-order valence-corrected chi connectivity index (χ0v) is 16.6. The number of carbonyl (C=O) groups excluding carboxylic acids is 1. The van der Waals surface area contributed by atoms with E-state index in [1.165, 1.54) is 0 Å². The first-order chi connectivity index (χ1) is 13.7. The smallest absolute Gasteiger partial charge is 0.246 e. The van der Waals surface area contributed by atoms with Crippen molar-refractivity contribution in [1.82, 2.24) is 5.32 Å².